The minimum Gasteiger partial charge on any atom is -0.302 e. The molecule has 4 heteroatoms. The summed E-state index contributed by atoms with van der Waals surface area (Å²) in [7, 11) is 0. The first-order valence-corrected chi connectivity index (χ1v) is 13.2. The van der Waals surface area contributed by atoms with E-state index in [1.807, 2.05) is 0 Å². The highest BCUT2D eigenvalue weighted by molar-refractivity contribution is 6.53. The van der Waals surface area contributed by atoms with Gasteiger partial charge in [-0.3, -0.25) is 9.98 Å². The zero-order chi connectivity index (χ0) is 24.3. The van der Waals surface area contributed by atoms with Crippen molar-refractivity contribution in [3.8, 4) is 0 Å². The fraction of sp³-hybridized carbons (Fsp3) is 0.533. The predicted octanol–water partition coefficient (Wildman–Crippen LogP) is 7.03. The van der Waals surface area contributed by atoms with Crippen molar-refractivity contribution in [2.75, 3.05) is 16.3 Å². The molecule has 0 aliphatic carbocycles. The number of aliphatic imine (C=N–C) groups is 2. The maximum Gasteiger partial charge on any atom is 0.174 e. The number of benzene rings is 2. The molecule has 1 fully saturated rings. The molecule has 0 N–H and O–H groups in total. The Morgan fingerprint density at radius 3 is 2.26 bits per heavy atom. The number of hydrogen-bond donors (Lipinski definition) is 0. The molecule has 0 spiro atoms. The molecule has 180 valence electrons. The molecule has 1 saturated heterocycles. The van der Waals surface area contributed by atoms with E-state index in [-0.39, 0.29) is 23.0 Å². The fourth-order valence-electron chi connectivity index (χ4n) is 6.80. The summed E-state index contributed by atoms with van der Waals surface area (Å²) in [5.41, 5.74) is 6.60. The van der Waals surface area contributed by atoms with Gasteiger partial charge in [0, 0.05) is 22.2 Å². The van der Waals surface area contributed by atoms with Crippen LogP contribution in [0.15, 0.2) is 52.4 Å². The highest BCUT2D eigenvalue weighted by Gasteiger charge is 2.62. The molecule has 4 unspecified atom stereocenters. The van der Waals surface area contributed by atoms with Crippen LogP contribution in [0.4, 0.5) is 11.4 Å². The second-order valence-corrected chi connectivity index (χ2v) is 11.0. The van der Waals surface area contributed by atoms with Gasteiger partial charge in [0.05, 0.1) is 12.6 Å². The quantitative estimate of drug-likeness (QED) is 0.483. The zero-order valence-corrected chi connectivity index (χ0v) is 22.0. The Bertz CT molecular complexity index is 1140. The lowest BCUT2D eigenvalue weighted by molar-refractivity contribution is 0.0987. The Kier molecular flexibility index (Phi) is 5.61. The number of rotatable bonds is 5. The molecular weight excluding hydrogens is 416 g/mol. The summed E-state index contributed by atoms with van der Waals surface area (Å²) >= 11 is 0. The van der Waals surface area contributed by atoms with Gasteiger partial charge < -0.3 is 9.80 Å². The molecule has 2 aromatic rings. The lowest BCUT2D eigenvalue weighted by Gasteiger charge is -2.58. The van der Waals surface area contributed by atoms with Gasteiger partial charge in [-0.15, -0.1) is 0 Å². The summed E-state index contributed by atoms with van der Waals surface area (Å²) in [6, 6.07) is 16.2. The van der Waals surface area contributed by atoms with Crippen molar-refractivity contribution in [3.63, 3.8) is 0 Å². The summed E-state index contributed by atoms with van der Waals surface area (Å²) < 4.78 is 0. The van der Waals surface area contributed by atoms with E-state index in [4.69, 9.17) is 9.98 Å². The summed E-state index contributed by atoms with van der Waals surface area (Å²) in [6.07, 6.45) is 4.52. The third kappa shape index (κ3) is 3.10. The summed E-state index contributed by atoms with van der Waals surface area (Å²) in [6.45, 7) is 17.1. The van der Waals surface area contributed by atoms with Crippen LogP contribution in [0.2, 0.25) is 0 Å². The minimum atomic E-state index is -0.00358. The van der Waals surface area contributed by atoms with Crippen LogP contribution in [0.3, 0.4) is 0 Å². The number of hydrogen-bond acceptors (Lipinski definition) is 4. The lowest BCUT2D eigenvalue weighted by Crippen LogP contribution is -2.63. The van der Waals surface area contributed by atoms with Crippen molar-refractivity contribution < 1.29 is 0 Å². The van der Waals surface area contributed by atoms with E-state index in [1.165, 1.54) is 28.1 Å². The molecular formula is C30H40N4. The maximum absolute atomic E-state index is 5.38. The van der Waals surface area contributed by atoms with Crippen LogP contribution in [0.1, 0.15) is 77.0 Å². The van der Waals surface area contributed by atoms with Crippen molar-refractivity contribution in [3.05, 3.63) is 59.2 Å². The first kappa shape index (κ1) is 23.1. The standard InChI is InChI=1S/C30H40N4/c1-8-13-22-19-31-26-27(32-22)34-25-15-12-11-14-24(25)29(6,9-2)30(7,10-3)28(34)33(26)23-17-20(4)16-21(5)18-23/h11-12,14-18,22,28H,8-10,13,19H2,1-7H3. The van der Waals surface area contributed by atoms with Crippen LogP contribution in [0, 0.1) is 19.3 Å². The van der Waals surface area contributed by atoms with E-state index in [0.717, 1.165) is 43.9 Å². The van der Waals surface area contributed by atoms with Crippen molar-refractivity contribution in [2.45, 2.75) is 91.8 Å². The molecule has 0 amide bonds. The minimum absolute atomic E-state index is 0.00358. The molecule has 3 aliphatic rings. The zero-order valence-electron chi connectivity index (χ0n) is 22.0. The van der Waals surface area contributed by atoms with E-state index in [1.54, 1.807) is 0 Å². The Labute approximate surface area is 205 Å². The smallest absolute Gasteiger partial charge is 0.174 e. The van der Waals surface area contributed by atoms with Crippen LogP contribution in [0.5, 0.6) is 0 Å². The number of aryl methyl sites for hydroxylation is 2. The third-order valence-corrected chi connectivity index (χ3v) is 9.04. The summed E-state index contributed by atoms with van der Waals surface area (Å²) in [4.78, 5) is 15.7. The first-order chi connectivity index (χ1) is 16.3. The number of amidine groups is 2. The van der Waals surface area contributed by atoms with E-state index >= 15 is 0 Å². The first-order valence-electron chi connectivity index (χ1n) is 13.2. The number of fused-ring (bicyclic) bond motifs is 5. The SMILES string of the molecule is CCCC1CN=C2C(=N1)N1c3ccccc3C(C)(CC)C(C)(CC)C1N2c1cc(C)cc(C)c1. The molecule has 5 rings (SSSR count). The van der Waals surface area contributed by atoms with E-state index in [9.17, 15) is 0 Å². The molecule has 34 heavy (non-hydrogen) atoms. The molecule has 2 aromatic carbocycles. The maximum atomic E-state index is 5.38. The molecule has 3 heterocycles. The van der Waals surface area contributed by atoms with Gasteiger partial charge in [-0.05, 0) is 68.0 Å². The average Bonchev–Trinajstić information content (AvgIpc) is 3.17. The average molecular weight is 457 g/mol. The molecule has 4 atom stereocenters. The van der Waals surface area contributed by atoms with Gasteiger partial charge in [0.1, 0.15) is 6.17 Å². The fourth-order valence-corrected chi connectivity index (χ4v) is 6.80. The highest BCUT2D eigenvalue weighted by atomic mass is 15.5. The Hall–Kier alpha value is -2.62. The number of para-hydroxylation sites is 1. The Morgan fingerprint density at radius 2 is 1.62 bits per heavy atom. The van der Waals surface area contributed by atoms with Gasteiger partial charge in [-0.1, -0.05) is 65.3 Å². The van der Waals surface area contributed by atoms with E-state index < -0.39 is 0 Å². The monoisotopic (exact) mass is 456 g/mol. The van der Waals surface area contributed by atoms with Crippen LogP contribution < -0.4 is 9.80 Å². The van der Waals surface area contributed by atoms with Crippen LogP contribution in [0.25, 0.3) is 0 Å². The highest BCUT2D eigenvalue weighted by Crippen LogP contribution is 2.59. The van der Waals surface area contributed by atoms with Crippen LogP contribution in [-0.4, -0.2) is 30.4 Å². The normalized spacial score (nSPS) is 29.9. The van der Waals surface area contributed by atoms with Crippen molar-refractivity contribution in [2.24, 2.45) is 15.4 Å². The second kappa shape index (κ2) is 8.25. The molecule has 4 nitrogen and oxygen atoms in total. The van der Waals surface area contributed by atoms with Crippen molar-refractivity contribution in [1.82, 2.24) is 0 Å². The van der Waals surface area contributed by atoms with Gasteiger partial charge in [-0.2, -0.15) is 0 Å². The molecule has 0 saturated carbocycles. The molecule has 0 radical (unpaired) electrons. The molecule has 0 aromatic heterocycles. The topological polar surface area (TPSA) is 31.2 Å². The van der Waals surface area contributed by atoms with Gasteiger partial charge in [-0.25, -0.2) is 0 Å². The van der Waals surface area contributed by atoms with Crippen molar-refractivity contribution in [1.29, 1.82) is 0 Å². The van der Waals surface area contributed by atoms with Gasteiger partial charge in [0.2, 0.25) is 0 Å². The van der Waals surface area contributed by atoms with Crippen LogP contribution in [-0.2, 0) is 5.41 Å². The van der Waals surface area contributed by atoms with Crippen LogP contribution >= 0.6 is 0 Å². The van der Waals surface area contributed by atoms with Gasteiger partial charge in [0.15, 0.2) is 11.7 Å². The van der Waals surface area contributed by atoms with Gasteiger partial charge in [0.25, 0.3) is 0 Å². The second-order valence-electron chi connectivity index (χ2n) is 11.0. The largest absolute Gasteiger partial charge is 0.302 e. The van der Waals surface area contributed by atoms with Gasteiger partial charge >= 0.3 is 0 Å². The molecule has 3 aliphatic heterocycles. The van der Waals surface area contributed by atoms with Crippen molar-refractivity contribution >= 4 is 23.0 Å². The summed E-state index contributed by atoms with van der Waals surface area (Å²) in [5, 5.41) is 0. The number of nitrogens with zero attached hydrogens (tertiary/aromatic N) is 4. The van der Waals surface area contributed by atoms with E-state index in [2.05, 4.69) is 101 Å². The lowest BCUT2D eigenvalue weighted by atomic mass is 9.55. The summed E-state index contributed by atoms with van der Waals surface area (Å²) in [5.74, 6) is 2.12. The third-order valence-electron chi connectivity index (χ3n) is 9.04. The van der Waals surface area contributed by atoms with E-state index in [0.29, 0.717) is 0 Å². The Balaban J connectivity index is 1.82. The number of anilines is 2. The molecule has 0 bridgehead atoms. The predicted molar refractivity (Wildman–Crippen MR) is 146 cm³/mol. The Morgan fingerprint density at radius 1 is 0.912 bits per heavy atom.